The smallest absolute Gasteiger partial charge is 0.308 e. The average Bonchev–Trinajstić information content (AvgIpc) is 2.86. The van der Waals surface area contributed by atoms with Crippen LogP contribution in [0.5, 0.6) is 0 Å². The Hall–Kier alpha value is -2.82. The molecule has 0 saturated carbocycles. The number of aryl methyl sites for hydroxylation is 1. The Morgan fingerprint density at radius 3 is 2.70 bits per heavy atom. The van der Waals surface area contributed by atoms with Crippen molar-refractivity contribution in [3.63, 3.8) is 0 Å². The summed E-state index contributed by atoms with van der Waals surface area (Å²) in [6, 6.07) is 13.0. The van der Waals surface area contributed by atoms with E-state index in [2.05, 4.69) is 20.8 Å². The molecular weight excluding hydrogens is 252 g/mol. The summed E-state index contributed by atoms with van der Waals surface area (Å²) in [5.74, 6) is 0. The van der Waals surface area contributed by atoms with Crippen LogP contribution in [0.4, 0.5) is 16.2 Å². The number of H-pyrrole nitrogens is 1. The number of carbonyl (C=O) groups excluding carboxylic acids is 1. The van der Waals surface area contributed by atoms with Gasteiger partial charge in [0, 0.05) is 16.8 Å². The van der Waals surface area contributed by atoms with Crippen LogP contribution in [0.3, 0.4) is 0 Å². The lowest BCUT2D eigenvalue weighted by molar-refractivity contribution is 0.262. The first kappa shape index (κ1) is 12.2. The normalized spacial score (nSPS) is 10.4. The maximum atomic E-state index is 11.9. The number of benzene rings is 2. The number of nitrogens with one attached hydrogen (secondary N) is 3. The molecule has 3 rings (SSSR count). The molecule has 0 saturated heterocycles. The molecule has 3 aromatic rings. The number of fused-ring (bicyclic) bond motifs is 1. The van der Waals surface area contributed by atoms with Crippen LogP contribution in [0.25, 0.3) is 10.9 Å². The maximum absolute atomic E-state index is 11.9. The molecule has 3 N–H and O–H groups in total. The molecule has 0 spiro atoms. The van der Waals surface area contributed by atoms with Gasteiger partial charge in [-0.2, -0.15) is 5.10 Å². The molecule has 5 nitrogen and oxygen atoms in total. The van der Waals surface area contributed by atoms with Gasteiger partial charge < -0.3 is 10.6 Å². The van der Waals surface area contributed by atoms with E-state index in [-0.39, 0.29) is 6.03 Å². The first-order chi connectivity index (χ1) is 9.70. The standard InChI is InChI=1S/C15H14N4O/c1-10-3-2-4-12(7-10)17-15(20)18-13-6-5-11-9-16-19-14(11)8-13/h2-9H,1H3,(H,16,19)(H2,17,18,20). The van der Waals surface area contributed by atoms with Crippen LogP contribution < -0.4 is 10.6 Å². The fourth-order valence-corrected chi connectivity index (χ4v) is 2.03. The van der Waals surface area contributed by atoms with Gasteiger partial charge in [0.15, 0.2) is 0 Å². The first-order valence-corrected chi connectivity index (χ1v) is 6.28. The molecule has 2 aromatic carbocycles. The molecule has 100 valence electrons. The van der Waals surface area contributed by atoms with Crippen LogP contribution in [-0.2, 0) is 0 Å². The second kappa shape index (κ2) is 5.05. The second-order valence-electron chi connectivity index (χ2n) is 4.62. The maximum Gasteiger partial charge on any atom is 0.323 e. The van der Waals surface area contributed by atoms with Crippen molar-refractivity contribution in [2.75, 3.05) is 10.6 Å². The van der Waals surface area contributed by atoms with Crippen molar-refractivity contribution < 1.29 is 4.79 Å². The van der Waals surface area contributed by atoms with Gasteiger partial charge in [-0.1, -0.05) is 12.1 Å². The highest BCUT2D eigenvalue weighted by molar-refractivity contribution is 6.00. The minimum Gasteiger partial charge on any atom is -0.308 e. The van der Waals surface area contributed by atoms with Gasteiger partial charge in [-0.3, -0.25) is 5.10 Å². The highest BCUT2D eigenvalue weighted by atomic mass is 16.2. The Bertz CT molecular complexity index is 763. The average molecular weight is 266 g/mol. The zero-order valence-electron chi connectivity index (χ0n) is 11.0. The van der Waals surface area contributed by atoms with Gasteiger partial charge in [0.25, 0.3) is 0 Å². The van der Waals surface area contributed by atoms with Crippen molar-refractivity contribution in [1.29, 1.82) is 0 Å². The van der Waals surface area contributed by atoms with E-state index >= 15 is 0 Å². The van der Waals surface area contributed by atoms with Crippen molar-refractivity contribution in [2.24, 2.45) is 0 Å². The topological polar surface area (TPSA) is 69.8 Å². The van der Waals surface area contributed by atoms with E-state index in [1.54, 1.807) is 6.20 Å². The zero-order chi connectivity index (χ0) is 13.9. The first-order valence-electron chi connectivity index (χ1n) is 6.28. The highest BCUT2D eigenvalue weighted by Gasteiger charge is 2.04. The van der Waals surface area contributed by atoms with Crippen LogP contribution in [0.2, 0.25) is 0 Å². The summed E-state index contributed by atoms with van der Waals surface area (Å²) >= 11 is 0. The molecule has 0 aliphatic heterocycles. The molecule has 1 aromatic heterocycles. The van der Waals surface area contributed by atoms with Crippen LogP contribution in [0.1, 0.15) is 5.56 Å². The predicted octanol–water partition coefficient (Wildman–Crippen LogP) is 3.52. The third-order valence-corrected chi connectivity index (χ3v) is 2.98. The summed E-state index contributed by atoms with van der Waals surface area (Å²) < 4.78 is 0. The Morgan fingerprint density at radius 2 is 1.90 bits per heavy atom. The summed E-state index contributed by atoms with van der Waals surface area (Å²) in [7, 11) is 0. The number of nitrogens with zero attached hydrogens (tertiary/aromatic N) is 1. The molecule has 5 heteroatoms. The summed E-state index contributed by atoms with van der Waals surface area (Å²) in [5, 5.41) is 13.4. The molecule has 0 bridgehead atoms. The molecule has 0 radical (unpaired) electrons. The molecule has 1 heterocycles. The van der Waals surface area contributed by atoms with Crippen LogP contribution >= 0.6 is 0 Å². The van der Waals surface area contributed by atoms with Crippen LogP contribution in [0, 0.1) is 6.92 Å². The number of hydrogen-bond donors (Lipinski definition) is 3. The third kappa shape index (κ3) is 2.61. The number of aromatic nitrogens is 2. The minimum absolute atomic E-state index is 0.269. The Kier molecular flexibility index (Phi) is 3.09. The van der Waals surface area contributed by atoms with Crippen molar-refractivity contribution in [3.8, 4) is 0 Å². The molecule has 20 heavy (non-hydrogen) atoms. The fourth-order valence-electron chi connectivity index (χ4n) is 2.03. The lowest BCUT2D eigenvalue weighted by Gasteiger charge is -2.08. The summed E-state index contributed by atoms with van der Waals surface area (Å²) in [6.07, 6.45) is 1.74. The van der Waals surface area contributed by atoms with E-state index in [1.165, 1.54) is 0 Å². The van der Waals surface area contributed by atoms with Gasteiger partial charge in [0.2, 0.25) is 0 Å². The van der Waals surface area contributed by atoms with E-state index in [0.29, 0.717) is 5.69 Å². The number of anilines is 2. The van der Waals surface area contributed by atoms with Crippen molar-refractivity contribution in [1.82, 2.24) is 10.2 Å². The number of carbonyl (C=O) groups is 1. The Balaban J connectivity index is 1.72. The Labute approximate surface area is 116 Å². The van der Waals surface area contributed by atoms with Crippen molar-refractivity contribution in [2.45, 2.75) is 6.92 Å². The summed E-state index contributed by atoms with van der Waals surface area (Å²) in [6.45, 7) is 1.98. The molecule has 0 atom stereocenters. The van der Waals surface area contributed by atoms with Crippen LogP contribution in [0.15, 0.2) is 48.7 Å². The predicted molar refractivity (Wildman–Crippen MR) is 79.9 cm³/mol. The van der Waals surface area contributed by atoms with E-state index in [4.69, 9.17) is 0 Å². The number of rotatable bonds is 2. The highest BCUT2D eigenvalue weighted by Crippen LogP contribution is 2.17. The second-order valence-corrected chi connectivity index (χ2v) is 4.62. The lowest BCUT2D eigenvalue weighted by Crippen LogP contribution is -2.19. The van der Waals surface area contributed by atoms with Crippen molar-refractivity contribution >= 4 is 28.3 Å². The Morgan fingerprint density at radius 1 is 1.10 bits per heavy atom. The molecule has 2 amide bonds. The quantitative estimate of drug-likeness (QED) is 0.664. The monoisotopic (exact) mass is 266 g/mol. The van der Waals surface area contributed by atoms with Gasteiger partial charge in [-0.15, -0.1) is 0 Å². The molecule has 0 unspecified atom stereocenters. The van der Waals surface area contributed by atoms with E-state index in [9.17, 15) is 4.79 Å². The van der Waals surface area contributed by atoms with Gasteiger partial charge in [0.05, 0.1) is 11.7 Å². The number of urea groups is 1. The fraction of sp³-hybridized carbons (Fsp3) is 0.0667. The molecule has 0 aliphatic carbocycles. The van der Waals surface area contributed by atoms with E-state index < -0.39 is 0 Å². The van der Waals surface area contributed by atoms with E-state index in [1.807, 2.05) is 49.4 Å². The zero-order valence-corrected chi connectivity index (χ0v) is 11.0. The van der Waals surface area contributed by atoms with Gasteiger partial charge in [-0.05, 0) is 42.8 Å². The minimum atomic E-state index is -0.269. The molecule has 0 aliphatic rings. The largest absolute Gasteiger partial charge is 0.323 e. The summed E-state index contributed by atoms with van der Waals surface area (Å²) in [5.41, 5.74) is 3.47. The molecule has 0 fully saturated rings. The van der Waals surface area contributed by atoms with E-state index in [0.717, 1.165) is 22.2 Å². The van der Waals surface area contributed by atoms with Gasteiger partial charge >= 0.3 is 6.03 Å². The molecular formula is C15H14N4O. The van der Waals surface area contributed by atoms with Gasteiger partial charge in [-0.25, -0.2) is 4.79 Å². The summed E-state index contributed by atoms with van der Waals surface area (Å²) in [4.78, 5) is 11.9. The number of amides is 2. The third-order valence-electron chi connectivity index (χ3n) is 2.98. The van der Waals surface area contributed by atoms with Crippen LogP contribution in [-0.4, -0.2) is 16.2 Å². The number of hydrogen-bond acceptors (Lipinski definition) is 2. The SMILES string of the molecule is Cc1cccc(NC(=O)Nc2ccc3cn[nH]c3c2)c1. The number of aromatic amines is 1. The lowest BCUT2D eigenvalue weighted by atomic mass is 10.2. The van der Waals surface area contributed by atoms with Crippen molar-refractivity contribution in [3.05, 3.63) is 54.2 Å². The van der Waals surface area contributed by atoms with Gasteiger partial charge in [0.1, 0.15) is 0 Å².